The highest BCUT2D eigenvalue weighted by Crippen LogP contribution is 2.30. The lowest BCUT2D eigenvalue weighted by Gasteiger charge is -2.23. The van der Waals surface area contributed by atoms with Crippen LogP contribution in [0, 0.1) is 0 Å². The Bertz CT molecular complexity index is 414. The van der Waals surface area contributed by atoms with Crippen molar-refractivity contribution in [1.29, 1.82) is 0 Å². The summed E-state index contributed by atoms with van der Waals surface area (Å²) in [5, 5.41) is 1.20. The number of hydrazine groups is 1. The van der Waals surface area contributed by atoms with Gasteiger partial charge in [0.05, 0.1) is 18.9 Å². The Morgan fingerprint density at radius 2 is 1.94 bits per heavy atom. The fourth-order valence-electron chi connectivity index (χ4n) is 1.96. The van der Waals surface area contributed by atoms with E-state index in [1.54, 1.807) is 12.3 Å². The van der Waals surface area contributed by atoms with E-state index in [0.29, 0.717) is 10.0 Å². The number of hydrogen-bond donors (Lipinski definition) is 2. The summed E-state index contributed by atoms with van der Waals surface area (Å²) < 4.78 is 5.32. The van der Waals surface area contributed by atoms with Crippen LogP contribution in [0.4, 0.5) is 0 Å². The van der Waals surface area contributed by atoms with Gasteiger partial charge in [0.1, 0.15) is 0 Å². The van der Waals surface area contributed by atoms with Crippen molar-refractivity contribution in [3.8, 4) is 0 Å². The van der Waals surface area contributed by atoms with Crippen molar-refractivity contribution >= 4 is 23.2 Å². The lowest BCUT2D eigenvalue weighted by molar-refractivity contribution is 0.219. The minimum atomic E-state index is -0.105. The summed E-state index contributed by atoms with van der Waals surface area (Å²) >= 11 is 12.0. The summed E-state index contributed by atoms with van der Waals surface area (Å²) in [6, 6.07) is 5.30. The largest absolute Gasteiger partial charge is 0.501 e. The fraction of sp³-hybridized carbons (Fsp3) is 0.333. The zero-order chi connectivity index (χ0) is 12.3. The number of rotatable bonds is 3. The van der Waals surface area contributed by atoms with Gasteiger partial charge in [0.25, 0.3) is 0 Å². The standard InChI is InChI=1S/C12H14Cl2N2O/c13-10-4-9(5-11(14)6-10)12(16-15)8-2-1-3-17-7-8/h4-7,12,16H,1-3,15H2. The Morgan fingerprint density at radius 3 is 2.47 bits per heavy atom. The minimum absolute atomic E-state index is 0.105. The van der Waals surface area contributed by atoms with Crippen LogP contribution in [0.3, 0.4) is 0 Å². The van der Waals surface area contributed by atoms with E-state index in [2.05, 4.69) is 5.43 Å². The second kappa shape index (κ2) is 5.74. The molecule has 0 bridgehead atoms. The first kappa shape index (κ1) is 12.7. The Kier molecular flexibility index (Phi) is 4.29. The molecule has 1 aliphatic heterocycles. The van der Waals surface area contributed by atoms with E-state index in [1.807, 2.05) is 12.1 Å². The maximum absolute atomic E-state index is 5.99. The molecule has 5 heteroatoms. The monoisotopic (exact) mass is 272 g/mol. The summed E-state index contributed by atoms with van der Waals surface area (Å²) in [5.41, 5.74) is 4.83. The first-order valence-corrected chi connectivity index (χ1v) is 6.19. The van der Waals surface area contributed by atoms with Gasteiger partial charge in [0, 0.05) is 10.0 Å². The first-order chi connectivity index (χ1) is 8.20. The van der Waals surface area contributed by atoms with Gasteiger partial charge in [-0.25, -0.2) is 5.43 Å². The maximum Gasteiger partial charge on any atom is 0.0876 e. The molecular formula is C12H14Cl2N2O. The van der Waals surface area contributed by atoms with Crippen molar-refractivity contribution < 1.29 is 4.74 Å². The summed E-state index contributed by atoms with van der Waals surface area (Å²) in [7, 11) is 0. The predicted molar refractivity (Wildman–Crippen MR) is 69.8 cm³/mol. The van der Waals surface area contributed by atoms with Gasteiger partial charge in [0.15, 0.2) is 0 Å². The Morgan fingerprint density at radius 1 is 1.24 bits per heavy atom. The number of nitrogens with two attached hydrogens (primary N) is 1. The molecule has 2 rings (SSSR count). The van der Waals surface area contributed by atoms with Gasteiger partial charge in [-0.1, -0.05) is 23.2 Å². The molecule has 0 aliphatic carbocycles. The average molecular weight is 273 g/mol. The highest BCUT2D eigenvalue weighted by Gasteiger charge is 2.18. The van der Waals surface area contributed by atoms with Crippen LogP contribution in [0.5, 0.6) is 0 Å². The van der Waals surface area contributed by atoms with Crippen LogP contribution in [0.25, 0.3) is 0 Å². The van der Waals surface area contributed by atoms with Gasteiger partial charge >= 0.3 is 0 Å². The predicted octanol–water partition coefficient (Wildman–Crippen LogP) is 3.19. The van der Waals surface area contributed by atoms with Gasteiger partial charge in [-0.15, -0.1) is 0 Å². The quantitative estimate of drug-likeness (QED) is 0.656. The number of nitrogens with one attached hydrogen (secondary N) is 1. The van der Waals surface area contributed by atoms with E-state index in [9.17, 15) is 0 Å². The molecule has 1 aromatic rings. The lowest BCUT2D eigenvalue weighted by atomic mass is 9.96. The number of hydrogen-bond acceptors (Lipinski definition) is 3. The highest BCUT2D eigenvalue weighted by atomic mass is 35.5. The molecule has 0 radical (unpaired) electrons. The second-order valence-corrected chi connectivity index (χ2v) is 4.84. The zero-order valence-corrected chi connectivity index (χ0v) is 10.8. The van der Waals surface area contributed by atoms with Crippen LogP contribution in [-0.2, 0) is 4.74 Å². The summed E-state index contributed by atoms with van der Waals surface area (Å²) in [6.07, 6.45) is 3.72. The van der Waals surface area contributed by atoms with E-state index >= 15 is 0 Å². The van der Waals surface area contributed by atoms with Crippen molar-refractivity contribution in [3.63, 3.8) is 0 Å². The summed E-state index contributed by atoms with van der Waals surface area (Å²) in [5.74, 6) is 5.60. The molecule has 0 amide bonds. The molecule has 0 saturated carbocycles. The Balaban J connectivity index is 2.31. The highest BCUT2D eigenvalue weighted by molar-refractivity contribution is 6.34. The van der Waals surface area contributed by atoms with Crippen LogP contribution in [0.2, 0.25) is 10.0 Å². The maximum atomic E-state index is 5.99. The van der Waals surface area contributed by atoms with Crippen molar-refractivity contribution in [3.05, 3.63) is 45.6 Å². The molecule has 0 aromatic heterocycles. The van der Waals surface area contributed by atoms with E-state index in [4.69, 9.17) is 33.8 Å². The van der Waals surface area contributed by atoms with Crippen molar-refractivity contribution in [2.45, 2.75) is 18.9 Å². The molecule has 0 spiro atoms. The Hall–Kier alpha value is -0.740. The van der Waals surface area contributed by atoms with E-state index < -0.39 is 0 Å². The van der Waals surface area contributed by atoms with Crippen LogP contribution < -0.4 is 11.3 Å². The van der Waals surface area contributed by atoms with Crippen LogP contribution in [0.15, 0.2) is 30.0 Å². The molecule has 1 heterocycles. The number of benzene rings is 1. The van der Waals surface area contributed by atoms with Crippen LogP contribution in [-0.4, -0.2) is 6.61 Å². The van der Waals surface area contributed by atoms with Crippen molar-refractivity contribution in [2.75, 3.05) is 6.61 Å². The molecular weight excluding hydrogens is 259 g/mol. The lowest BCUT2D eigenvalue weighted by Crippen LogP contribution is -2.30. The van der Waals surface area contributed by atoms with Gasteiger partial charge in [-0.3, -0.25) is 5.84 Å². The topological polar surface area (TPSA) is 47.3 Å². The molecule has 1 atom stereocenters. The number of halogens is 2. The molecule has 3 N–H and O–H groups in total. The van der Waals surface area contributed by atoms with Crippen LogP contribution in [0.1, 0.15) is 24.4 Å². The fourth-order valence-corrected chi connectivity index (χ4v) is 2.50. The van der Waals surface area contributed by atoms with E-state index in [1.165, 1.54) is 0 Å². The van der Waals surface area contributed by atoms with E-state index in [0.717, 1.165) is 30.6 Å². The minimum Gasteiger partial charge on any atom is -0.501 e. The molecule has 1 aliphatic rings. The van der Waals surface area contributed by atoms with Gasteiger partial charge in [0.2, 0.25) is 0 Å². The zero-order valence-electron chi connectivity index (χ0n) is 9.25. The van der Waals surface area contributed by atoms with E-state index in [-0.39, 0.29) is 6.04 Å². The van der Waals surface area contributed by atoms with Gasteiger partial charge in [-0.05, 0) is 42.2 Å². The third kappa shape index (κ3) is 3.13. The van der Waals surface area contributed by atoms with Crippen molar-refractivity contribution in [1.82, 2.24) is 5.43 Å². The Labute approximate surface area is 111 Å². The smallest absolute Gasteiger partial charge is 0.0876 e. The second-order valence-electron chi connectivity index (χ2n) is 3.97. The normalized spacial score (nSPS) is 17.2. The summed E-state index contributed by atoms with van der Waals surface area (Å²) in [4.78, 5) is 0. The molecule has 1 aromatic carbocycles. The SMILES string of the molecule is NNC(C1=COCCC1)c1cc(Cl)cc(Cl)c1. The summed E-state index contributed by atoms with van der Waals surface area (Å²) in [6.45, 7) is 0.761. The molecule has 92 valence electrons. The first-order valence-electron chi connectivity index (χ1n) is 5.43. The molecule has 0 saturated heterocycles. The van der Waals surface area contributed by atoms with Crippen LogP contribution >= 0.6 is 23.2 Å². The van der Waals surface area contributed by atoms with Gasteiger partial charge < -0.3 is 4.74 Å². The number of ether oxygens (including phenoxy) is 1. The van der Waals surface area contributed by atoms with Crippen molar-refractivity contribution in [2.24, 2.45) is 5.84 Å². The molecule has 17 heavy (non-hydrogen) atoms. The van der Waals surface area contributed by atoms with Gasteiger partial charge in [-0.2, -0.15) is 0 Å². The molecule has 0 fully saturated rings. The molecule has 3 nitrogen and oxygen atoms in total. The third-order valence-electron chi connectivity index (χ3n) is 2.72. The molecule has 1 unspecified atom stereocenters. The third-order valence-corrected chi connectivity index (χ3v) is 3.15. The average Bonchev–Trinajstić information content (AvgIpc) is 2.30.